The van der Waals surface area contributed by atoms with Gasteiger partial charge in [-0.05, 0) is 47.5 Å². The van der Waals surface area contributed by atoms with Gasteiger partial charge in [0.25, 0.3) is 5.91 Å². The molecule has 1 atom stereocenters. The predicted octanol–water partition coefficient (Wildman–Crippen LogP) is 5.33. The van der Waals surface area contributed by atoms with Crippen LogP contribution < -0.4 is 14.8 Å². The van der Waals surface area contributed by atoms with E-state index >= 15 is 0 Å². The van der Waals surface area contributed by atoms with E-state index in [-0.39, 0.29) is 18.0 Å². The molecular weight excluding hydrogens is 491 g/mol. The molecule has 0 fully saturated rings. The Morgan fingerprint density at radius 1 is 1.09 bits per heavy atom. The fourth-order valence-corrected chi connectivity index (χ4v) is 4.30. The highest BCUT2D eigenvalue weighted by molar-refractivity contribution is 9.10. The number of hydrogen-bond acceptors (Lipinski definition) is 4. The summed E-state index contributed by atoms with van der Waals surface area (Å²) in [6.07, 6.45) is -0.0648. The van der Waals surface area contributed by atoms with Crippen LogP contribution in [0, 0.1) is 5.82 Å². The first-order chi connectivity index (χ1) is 15.9. The van der Waals surface area contributed by atoms with Crippen LogP contribution in [-0.4, -0.2) is 30.9 Å². The summed E-state index contributed by atoms with van der Waals surface area (Å²) in [6.45, 7) is 0.369. The highest BCUT2D eigenvalue weighted by Gasteiger charge is 2.35. The number of carbonyl (C=O) groups excluding carboxylic acids is 2. The van der Waals surface area contributed by atoms with Crippen LogP contribution in [-0.2, 0) is 11.3 Å². The van der Waals surface area contributed by atoms with Gasteiger partial charge in [0, 0.05) is 16.6 Å². The van der Waals surface area contributed by atoms with Crippen molar-refractivity contribution in [3.8, 4) is 11.5 Å². The van der Waals surface area contributed by atoms with E-state index in [0.29, 0.717) is 33.6 Å². The molecule has 0 aromatic heterocycles. The molecule has 33 heavy (non-hydrogen) atoms. The predicted molar refractivity (Wildman–Crippen MR) is 126 cm³/mol. The molecule has 6 nitrogen and oxygen atoms in total. The zero-order valence-electron chi connectivity index (χ0n) is 18.1. The Morgan fingerprint density at radius 2 is 1.85 bits per heavy atom. The van der Waals surface area contributed by atoms with Crippen molar-refractivity contribution in [2.75, 3.05) is 19.5 Å². The third-order valence-corrected chi connectivity index (χ3v) is 6.10. The van der Waals surface area contributed by atoms with Crippen LogP contribution in [0.4, 0.5) is 10.1 Å². The second-order valence-corrected chi connectivity index (χ2v) is 8.51. The average Bonchev–Trinajstić information content (AvgIpc) is 3.15. The quantitative estimate of drug-likeness (QED) is 0.464. The van der Waals surface area contributed by atoms with E-state index < -0.39 is 17.8 Å². The summed E-state index contributed by atoms with van der Waals surface area (Å²) in [5, 5.41) is 2.62. The molecule has 0 unspecified atom stereocenters. The number of anilines is 1. The minimum absolute atomic E-state index is 0.0648. The Hall–Kier alpha value is -3.39. The Kier molecular flexibility index (Phi) is 6.65. The molecule has 0 aliphatic carbocycles. The first-order valence-corrected chi connectivity index (χ1v) is 11.1. The summed E-state index contributed by atoms with van der Waals surface area (Å²) in [7, 11) is 3.06. The Labute approximate surface area is 199 Å². The molecule has 1 aliphatic rings. The molecule has 4 rings (SSSR count). The smallest absolute Gasteiger partial charge is 0.255 e. The largest absolute Gasteiger partial charge is 0.493 e. The lowest BCUT2D eigenvalue weighted by Crippen LogP contribution is -2.32. The summed E-state index contributed by atoms with van der Waals surface area (Å²) in [5.74, 6) is -0.0984. The van der Waals surface area contributed by atoms with E-state index in [1.807, 2.05) is 18.2 Å². The van der Waals surface area contributed by atoms with E-state index in [2.05, 4.69) is 21.2 Å². The third-order valence-electron chi connectivity index (χ3n) is 5.60. The van der Waals surface area contributed by atoms with Crippen LogP contribution in [0.25, 0.3) is 0 Å². The van der Waals surface area contributed by atoms with E-state index in [4.69, 9.17) is 9.47 Å². The topological polar surface area (TPSA) is 67.9 Å². The molecule has 1 heterocycles. The van der Waals surface area contributed by atoms with Gasteiger partial charge in [0.1, 0.15) is 5.82 Å². The lowest BCUT2D eigenvalue weighted by atomic mass is 10.0. The van der Waals surface area contributed by atoms with Gasteiger partial charge in [-0.3, -0.25) is 9.59 Å². The number of benzene rings is 3. The van der Waals surface area contributed by atoms with Crippen LogP contribution in [0.15, 0.2) is 65.1 Å². The normalized spacial score (nSPS) is 13.5. The maximum atomic E-state index is 14.3. The van der Waals surface area contributed by atoms with Gasteiger partial charge in [-0.25, -0.2) is 4.39 Å². The number of rotatable bonds is 7. The Bertz CT molecular complexity index is 1220. The lowest BCUT2D eigenvalue weighted by molar-refractivity contribution is -0.117. The van der Waals surface area contributed by atoms with Gasteiger partial charge in [0.2, 0.25) is 5.91 Å². The summed E-state index contributed by atoms with van der Waals surface area (Å²) >= 11 is 3.21. The molecule has 1 aliphatic heterocycles. The highest BCUT2D eigenvalue weighted by Crippen LogP contribution is 2.37. The number of carbonyl (C=O) groups is 2. The van der Waals surface area contributed by atoms with E-state index in [1.165, 1.54) is 26.4 Å². The van der Waals surface area contributed by atoms with Gasteiger partial charge in [-0.2, -0.15) is 0 Å². The SMILES string of the molecule is COc1ccc([C@H](CC(=O)Nc2ccc(Br)cc2F)N2Cc3ccccc3C2=O)cc1OC. The molecule has 8 heteroatoms. The van der Waals surface area contributed by atoms with Gasteiger partial charge < -0.3 is 19.7 Å². The van der Waals surface area contributed by atoms with E-state index in [9.17, 15) is 14.0 Å². The number of nitrogens with zero attached hydrogens (tertiary/aromatic N) is 1. The van der Waals surface area contributed by atoms with Crippen LogP contribution in [0.1, 0.15) is 33.9 Å². The van der Waals surface area contributed by atoms with Crippen molar-refractivity contribution in [2.24, 2.45) is 0 Å². The van der Waals surface area contributed by atoms with Crippen molar-refractivity contribution in [1.82, 2.24) is 4.90 Å². The van der Waals surface area contributed by atoms with Crippen molar-refractivity contribution >= 4 is 33.4 Å². The molecule has 1 N–H and O–H groups in total. The number of hydrogen-bond donors (Lipinski definition) is 1. The zero-order valence-corrected chi connectivity index (χ0v) is 19.7. The first kappa shape index (κ1) is 22.8. The molecular formula is C25H22BrFN2O4. The fourth-order valence-electron chi connectivity index (χ4n) is 3.96. The number of halogens is 2. The minimum Gasteiger partial charge on any atom is -0.493 e. The van der Waals surface area contributed by atoms with Gasteiger partial charge in [0.15, 0.2) is 11.5 Å². The summed E-state index contributed by atoms with van der Waals surface area (Å²) in [4.78, 5) is 27.8. The molecule has 0 saturated heterocycles. The standard InChI is InChI=1S/C25H22BrFN2O4/c1-32-22-10-7-15(11-23(22)33-2)21(29-14-16-5-3-4-6-18(16)25(29)31)13-24(30)28-20-9-8-17(26)12-19(20)27/h3-12,21H,13-14H2,1-2H3,(H,28,30)/t21-/m0/s1. The van der Waals surface area contributed by atoms with Gasteiger partial charge in [0.05, 0.1) is 32.4 Å². The summed E-state index contributed by atoms with van der Waals surface area (Å²) < 4.78 is 25.6. The molecule has 2 amide bonds. The number of methoxy groups -OCH3 is 2. The van der Waals surface area contributed by atoms with Gasteiger partial charge in [-0.1, -0.05) is 40.2 Å². The van der Waals surface area contributed by atoms with Crippen LogP contribution in [0.5, 0.6) is 11.5 Å². The van der Waals surface area contributed by atoms with Crippen molar-refractivity contribution in [3.05, 3.63) is 87.6 Å². The maximum absolute atomic E-state index is 14.3. The van der Waals surface area contributed by atoms with Crippen molar-refractivity contribution in [1.29, 1.82) is 0 Å². The first-order valence-electron chi connectivity index (χ1n) is 10.3. The van der Waals surface area contributed by atoms with Crippen molar-refractivity contribution in [3.63, 3.8) is 0 Å². The molecule has 3 aromatic rings. The molecule has 0 saturated carbocycles. The monoisotopic (exact) mass is 512 g/mol. The molecule has 0 radical (unpaired) electrons. The highest BCUT2D eigenvalue weighted by atomic mass is 79.9. The van der Waals surface area contributed by atoms with Crippen LogP contribution in [0.2, 0.25) is 0 Å². The molecule has 170 valence electrons. The molecule has 0 bridgehead atoms. The summed E-state index contributed by atoms with van der Waals surface area (Å²) in [5.41, 5.74) is 2.29. The fraction of sp³-hybridized carbons (Fsp3) is 0.200. The Morgan fingerprint density at radius 3 is 2.55 bits per heavy atom. The maximum Gasteiger partial charge on any atom is 0.255 e. The average molecular weight is 513 g/mol. The minimum atomic E-state index is -0.594. The van der Waals surface area contributed by atoms with E-state index in [1.54, 1.807) is 35.2 Å². The molecule has 0 spiro atoms. The number of amides is 2. The third kappa shape index (κ3) is 4.71. The number of nitrogens with one attached hydrogen (secondary N) is 1. The van der Waals surface area contributed by atoms with Crippen LogP contribution in [0.3, 0.4) is 0 Å². The second-order valence-electron chi connectivity index (χ2n) is 7.60. The van der Waals surface area contributed by atoms with Gasteiger partial charge in [-0.15, -0.1) is 0 Å². The van der Waals surface area contributed by atoms with Crippen molar-refractivity contribution < 1.29 is 23.5 Å². The molecule has 3 aromatic carbocycles. The lowest BCUT2D eigenvalue weighted by Gasteiger charge is -2.28. The zero-order chi connectivity index (χ0) is 23.5. The second kappa shape index (κ2) is 9.62. The number of ether oxygens (including phenoxy) is 2. The van der Waals surface area contributed by atoms with Crippen molar-refractivity contribution in [2.45, 2.75) is 19.0 Å². The number of fused-ring (bicyclic) bond motifs is 1. The van der Waals surface area contributed by atoms with Gasteiger partial charge >= 0.3 is 0 Å². The summed E-state index contributed by atoms with van der Waals surface area (Å²) in [6, 6.07) is 16.5. The van der Waals surface area contributed by atoms with E-state index in [0.717, 1.165) is 5.56 Å². The Balaban J connectivity index is 1.66. The van der Waals surface area contributed by atoms with Crippen LogP contribution >= 0.6 is 15.9 Å².